The van der Waals surface area contributed by atoms with Crippen molar-refractivity contribution < 1.29 is 18.0 Å². The molecule has 0 spiro atoms. The minimum absolute atomic E-state index is 0.0526. The molecular formula is C17H22F3NO. The van der Waals surface area contributed by atoms with Gasteiger partial charge < -0.3 is 4.90 Å². The molecule has 5 heteroatoms. The van der Waals surface area contributed by atoms with Gasteiger partial charge in [-0.3, -0.25) is 4.79 Å². The van der Waals surface area contributed by atoms with Crippen molar-refractivity contribution >= 4 is 5.91 Å². The molecular weight excluding hydrogens is 291 g/mol. The van der Waals surface area contributed by atoms with E-state index in [4.69, 9.17) is 0 Å². The van der Waals surface area contributed by atoms with E-state index in [1.165, 1.54) is 12.1 Å². The minimum atomic E-state index is -4.37. The summed E-state index contributed by atoms with van der Waals surface area (Å²) < 4.78 is 39.2. The third-order valence-corrected chi connectivity index (χ3v) is 4.70. The van der Waals surface area contributed by atoms with Gasteiger partial charge >= 0.3 is 6.18 Å². The highest BCUT2D eigenvalue weighted by molar-refractivity contribution is 5.83. The lowest BCUT2D eigenvalue weighted by Gasteiger charge is -2.28. The number of benzene rings is 1. The second kappa shape index (κ2) is 5.94. The SMILES string of the molecule is CC(C)[C@H](C)N(C)C(=O)[C@@H]1C[C@H]1c1ccccc1C(F)(F)F. The summed E-state index contributed by atoms with van der Waals surface area (Å²) in [7, 11) is 1.73. The van der Waals surface area contributed by atoms with Gasteiger partial charge in [-0.1, -0.05) is 32.0 Å². The van der Waals surface area contributed by atoms with Crippen LogP contribution in [0, 0.1) is 11.8 Å². The Morgan fingerprint density at radius 3 is 2.36 bits per heavy atom. The summed E-state index contributed by atoms with van der Waals surface area (Å²) in [4.78, 5) is 14.1. The molecule has 22 heavy (non-hydrogen) atoms. The third-order valence-electron chi connectivity index (χ3n) is 4.70. The van der Waals surface area contributed by atoms with Crippen molar-refractivity contribution in [1.29, 1.82) is 0 Å². The number of nitrogens with zero attached hydrogens (tertiary/aromatic N) is 1. The van der Waals surface area contributed by atoms with Gasteiger partial charge in [-0.15, -0.1) is 0 Å². The largest absolute Gasteiger partial charge is 0.416 e. The minimum Gasteiger partial charge on any atom is -0.343 e. The maximum absolute atomic E-state index is 13.1. The Hall–Kier alpha value is -1.52. The number of halogens is 3. The van der Waals surface area contributed by atoms with Gasteiger partial charge in [-0.2, -0.15) is 13.2 Å². The fraction of sp³-hybridized carbons (Fsp3) is 0.588. The van der Waals surface area contributed by atoms with Crippen molar-refractivity contribution in [3.63, 3.8) is 0 Å². The van der Waals surface area contributed by atoms with Gasteiger partial charge in [0.15, 0.2) is 0 Å². The van der Waals surface area contributed by atoms with E-state index in [-0.39, 0.29) is 29.3 Å². The van der Waals surface area contributed by atoms with E-state index in [1.54, 1.807) is 18.0 Å². The van der Waals surface area contributed by atoms with Crippen molar-refractivity contribution in [1.82, 2.24) is 4.90 Å². The maximum atomic E-state index is 13.1. The van der Waals surface area contributed by atoms with Gasteiger partial charge in [0.25, 0.3) is 0 Å². The number of rotatable bonds is 4. The zero-order chi connectivity index (χ0) is 16.7. The molecule has 0 radical (unpaired) electrons. The van der Waals surface area contributed by atoms with Crippen LogP contribution in [0.15, 0.2) is 24.3 Å². The van der Waals surface area contributed by atoms with Crippen LogP contribution < -0.4 is 0 Å². The summed E-state index contributed by atoms with van der Waals surface area (Å²) in [6.07, 6.45) is -3.87. The van der Waals surface area contributed by atoms with E-state index in [1.807, 2.05) is 20.8 Å². The van der Waals surface area contributed by atoms with Crippen molar-refractivity contribution in [2.24, 2.45) is 11.8 Å². The molecule has 0 N–H and O–H groups in total. The van der Waals surface area contributed by atoms with E-state index >= 15 is 0 Å². The molecule has 2 nitrogen and oxygen atoms in total. The first-order valence-corrected chi connectivity index (χ1v) is 7.57. The molecule has 2 rings (SSSR count). The van der Waals surface area contributed by atoms with Gasteiger partial charge in [-0.05, 0) is 36.8 Å². The summed E-state index contributed by atoms with van der Waals surface area (Å²) in [5, 5.41) is 0. The van der Waals surface area contributed by atoms with E-state index in [0.29, 0.717) is 12.3 Å². The van der Waals surface area contributed by atoms with Gasteiger partial charge in [0.05, 0.1) is 5.56 Å². The number of hydrogen-bond donors (Lipinski definition) is 0. The number of carbonyl (C=O) groups is 1. The molecule has 0 aliphatic heterocycles. The Kier molecular flexibility index (Phi) is 4.54. The normalized spacial score (nSPS) is 22.5. The monoisotopic (exact) mass is 313 g/mol. The van der Waals surface area contributed by atoms with E-state index in [2.05, 4.69) is 0 Å². The van der Waals surface area contributed by atoms with Gasteiger partial charge in [0.2, 0.25) is 5.91 Å². The zero-order valence-electron chi connectivity index (χ0n) is 13.3. The van der Waals surface area contributed by atoms with Crippen molar-refractivity contribution in [3.05, 3.63) is 35.4 Å². The van der Waals surface area contributed by atoms with Crippen LogP contribution in [0.25, 0.3) is 0 Å². The first-order valence-electron chi connectivity index (χ1n) is 7.57. The molecule has 1 saturated carbocycles. The van der Waals surface area contributed by atoms with E-state index in [0.717, 1.165) is 6.07 Å². The average Bonchev–Trinajstić information content (AvgIpc) is 3.24. The average molecular weight is 313 g/mol. The lowest BCUT2D eigenvalue weighted by molar-refractivity contribution is -0.139. The lowest BCUT2D eigenvalue weighted by Crippen LogP contribution is -2.39. The van der Waals surface area contributed by atoms with Gasteiger partial charge in [-0.25, -0.2) is 0 Å². The molecule has 3 atom stereocenters. The molecule has 0 aromatic heterocycles. The highest BCUT2D eigenvalue weighted by Gasteiger charge is 2.49. The predicted molar refractivity (Wildman–Crippen MR) is 79.4 cm³/mol. The Labute approximate surface area is 129 Å². The quantitative estimate of drug-likeness (QED) is 0.811. The first-order chi connectivity index (χ1) is 10.1. The standard InChI is InChI=1S/C17H22F3NO/c1-10(2)11(3)21(4)16(22)14-9-13(14)12-7-5-6-8-15(12)17(18,19)20/h5-8,10-11,13-14H,9H2,1-4H3/t11-,13-,14+/m0/s1. The summed E-state index contributed by atoms with van der Waals surface area (Å²) >= 11 is 0. The number of amides is 1. The molecule has 1 aliphatic rings. The van der Waals surface area contributed by atoms with Gasteiger partial charge in [0, 0.05) is 19.0 Å². The molecule has 1 aliphatic carbocycles. The molecule has 1 amide bonds. The molecule has 0 unspecified atom stereocenters. The number of alkyl halides is 3. The van der Waals surface area contributed by atoms with Crippen LogP contribution in [0.2, 0.25) is 0 Å². The first kappa shape index (κ1) is 16.8. The van der Waals surface area contributed by atoms with Crippen molar-refractivity contribution in [2.75, 3.05) is 7.05 Å². The summed E-state index contributed by atoms with van der Waals surface area (Å²) in [6.45, 7) is 6.01. The molecule has 122 valence electrons. The van der Waals surface area contributed by atoms with Crippen LogP contribution in [0.3, 0.4) is 0 Å². The summed E-state index contributed by atoms with van der Waals surface area (Å²) in [5.41, 5.74) is -0.367. The van der Waals surface area contributed by atoms with Crippen molar-refractivity contribution in [2.45, 2.75) is 45.3 Å². The lowest BCUT2D eigenvalue weighted by atomic mass is 10.0. The second-order valence-electron chi connectivity index (χ2n) is 6.47. The molecule has 0 bridgehead atoms. The Morgan fingerprint density at radius 2 is 1.82 bits per heavy atom. The second-order valence-corrected chi connectivity index (χ2v) is 6.47. The highest BCUT2D eigenvalue weighted by Crippen LogP contribution is 2.51. The van der Waals surface area contributed by atoms with Gasteiger partial charge in [0.1, 0.15) is 0 Å². The van der Waals surface area contributed by atoms with Crippen LogP contribution in [-0.4, -0.2) is 23.9 Å². The Morgan fingerprint density at radius 1 is 1.23 bits per heavy atom. The van der Waals surface area contributed by atoms with Crippen LogP contribution >= 0.6 is 0 Å². The molecule has 1 aromatic rings. The van der Waals surface area contributed by atoms with Crippen molar-refractivity contribution in [3.8, 4) is 0 Å². The molecule has 1 fully saturated rings. The van der Waals surface area contributed by atoms with Crippen LogP contribution in [0.1, 0.15) is 44.2 Å². The Balaban J connectivity index is 2.15. The topological polar surface area (TPSA) is 20.3 Å². The number of hydrogen-bond acceptors (Lipinski definition) is 1. The predicted octanol–water partition coefficient (Wildman–Crippen LogP) is 4.31. The maximum Gasteiger partial charge on any atom is 0.416 e. The smallest absolute Gasteiger partial charge is 0.343 e. The zero-order valence-corrected chi connectivity index (χ0v) is 13.3. The van der Waals surface area contributed by atoms with E-state index in [9.17, 15) is 18.0 Å². The third kappa shape index (κ3) is 3.28. The van der Waals surface area contributed by atoms with E-state index < -0.39 is 11.7 Å². The summed E-state index contributed by atoms with van der Waals surface area (Å²) in [6, 6.07) is 5.65. The van der Waals surface area contributed by atoms with Crippen LogP contribution in [0.5, 0.6) is 0 Å². The highest BCUT2D eigenvalue weighted by atomic mass is 19.4. The van der Waals surface area contributed by atoms with Crippen LogP contribution in [0.4, 0.5) is 13.2 Å². The fourth-order valence-corrected chi connectivity index (χ4v) is 2.80. The molecule has 0 saturated heterocycles. The molecule has 0 heterocycles. The number of carbonyl (C=O) groups excluding carboxylic acids is 1. The summed E-state index contributed by atoms with van der Waals surface area (Å²) in [5.74, 6) is -0.376. The molecule has 1 aromatic carbocycles. The fourth-order valence-electron chi connectivity index (χ4n) is 2.80. The Bertz CT molecular complexity index is 553. The van der Waals surface area contributed by atoms with Crippen LogP contribution in [-0.2, 0) is 11.0 Å².